The maximum atomic E-state index is 14.6. The van der Waals surface area contributed by atoms with Gasteiger partial charge in [0, 0.05) is 30.1 Å². The Morgan fingerprint density at radius 2 is 1.58 bits per heavy atom. The molecular weight excluding hydrogens is 596 g/mol. The van der Waals surface area contributed by atoms with Gasteiger partial charge in [0.05, 0.1) is 12.3 Å². The van der Waals surface area contributed by atoms with E-state index in [-0.39, 0.29) is 57.1 Å². The second-order valence-corrected chi connectivity index (χ2v) is 16.9. The maximum Gasteiger partial charge on any atom is 0.331 e. The van der Waals surface area contributed by atoms with Gasteiger partial charge in [0.1, 0.15) is 11.7 Å². The number of rotatable bonds is 5. The second kappa shape index (κ2) is 12.7. The van der Waals surface area contributed by atoms with E-state index in [0.717, 1.165) is 29.7 Å². The lowest BCUT2D eigenvalue weighted by molar-refractivity contribution is -0.162. The molecule has 0 spiro atoms. The van der Waals surface area contributed by atoms with E-state index >= 15 is 0 Å². The van der Waals surface area contributed by atoms with Gasteiger partial charge in [-0.1, -0.05) is 93.5 Å². The van der Waals surface area contributed by atoms with E-state index in [9.17, 15) is 4.79 Å². The lowest BCUT2D eigenvalue weighted by Gasteiger charge is -2.50. The molecule has 48 heavy (non-hydrogen) atoms. The molecule has 3 aromatic rings. The van der Waals surface area contributed by atoms with Crippen LogP contribution >= 0.6 is 0 Å². The van der Waals surface area contributed by atoms with Crippen LogP contribution in [0.3, 0.4) is 0 Å². The molecule has 2 aromatic carbocycles. The quantitative estimate of drug-likeness (QED) is 0.220. The predicted octanol–water partition coefficient (Wildman–Crippen LogP) is 9.48. The van der Waals surface area contributed by atoms with Crippen LogP contribution < -0.4 is 5.32 Å². The first kappa shape index (κ1) is 35.1. The van der Waals surface area contributed by atoms with Crippen LogP contribution in [0.1, 0.15) is 99.0 Å². The van der Waals surface area contributed by atoms with E-state index in [1.54, 1.807) is 4.68 Å². The zero-order valence-corrected chi connectivity index (χ0v) is 30.8. The average Bonchev–Trinajstić information content (AvgIpc) is 3.54. The summed E-state index contributed by atoms with van der Waals surface area (Å²) in [7, 11) is 1.87. The zero-order chi connectivity index (χ0) is 35.3. The van der Waals surface area contributed by atoms with Crippen molar-refractivity contribution in [3.05, 3.63) is 76.5 Å². The number of aryl methyl sites for hydroxylation is 1. The largest absolute Gasteiger partial charge is 0.459 e. The van der Waals surface area contributed by atoms with Crippen LogP contribution in [0.5, 0.6) is 0 Å². The highest BCUT2D eigenvalue weighted by molar-refractivity contribution is 6.29. The number of allylic oxidation sites excluding steroid dienone is 1. The van der Waals surface area contributed by atoms with E-state index in [1.807, 2.05) is 44.3 Å². The number of aromatic nitrogens is 3. The number of ether oxygens (including phenoxy) is 1. The van der Waals surface area contributed by atoms with Crippen molar-refractivity contribution in [2.45, 2.75) is 101 Å². The Morgan fingerprint density at radius 1 is 0.979 bits per heavy atom. The number of carbonyl (C=O) groups excluding carboxylic acids is 1. The van der Waals surface area contributed by atoms with E-state index < -0.39 is 5.97 Å². The fourth-order valence-electron chi connectivity index (χ4n) is 7.18. The Bertz CT molecular complexity index is 1780. The molecule has 1 N–H and O–H groups in total. The summed E-state index contributed by atoms with van der Waals surface area (Å²) in [6.45, 7) is 32.5. The molecule has 1 aromatic heterocycles. The van der Waals surface area contributed by atoms with Crippen LogP contribution in [0.4, 0.5) is 11.4 Å². The molecule has 2 unspecified atom stereocenters. The minimum Gasteiger partial charge on any atom is -0.459 e. The van der Waals surface area contributed by atoms with Crippen molar-refractivity contribution in [1.82, 2.24) is 14.8 Å². The molecule has 1 aliphatic carbocycles. The summed E-state index contributed by atoms with van der Waals surface area (Å²) >= 11 is 0. The molecule has 2 atom stereocenters. The highest BCUT2D eigenvalue weighted by Crippen LogP contribution is 2.50. The topological polar surface area (TPSA) is 85.8 Å². The molecule has 254 valence electrons. The fraction of sp³-hybridized carbons (Fsp3) is 0.525. The minimum absolute atomic E-state index is 0.000609. The predicted molar refractivity (Wildman–Crippen MR) is 195 cm³/mol. The van der Waals surface area contributed by atoms with Crippen molar-refractivity contribution < 1.29 is 9.53 Å². The Labute approximate surface area is 286 Å². The molecule has 2 heterocycles. The van der Waals surface area contributed by atoms with Crippen LogP contribution in [-0.4, -0.2) is 39.7 Å². The van der Waals surface area contributed by atoms with Crippen molar-refractivity contribution in [3.63, 3.8) is 0 Å². The van der Waals surface area contributed by atoms with Crippen molar-refractivity contribution in [3.8, 4) is 11.4 Å². The third kappa shape index (κ3) is 6.83. The van der Waals surface area contributed by atoms with Crippen molar-refractivity contribution in [2.24, 2.45) is 33.6 Å². The highest BCUT2D eigenvalue weighted by atomic mass is 16.5. The molecule has 5 rings (SSSR count). The molecule has 2 aliphatic rings. The number of esters is 1. The fourth-order valence-corrected chi connectivity index (χ4v) is 7.18. The summed E-state index contributed by atoms with van der Waals surface area (Å²) in [4.78, 5) is 28.3. The number of nitrogens with one attached hydrogen (secondary N) is 1. The van der Waals surface area contributed by atoms with Gasteiger partial charge in [-0.05, 0) is 71.3 Å². The Hall–Kier alpha value is -4.25. The molecule has 1 saturated carbocycles. The first-order valence-corrected chi connectivity index (χ1v) is 17.1. The van der Waals surface area contributed by atoms with Crippen molar-refractivity contribution in [1.29, 1.82) is 0 Å². The summed E-state index contributed by atoms with van der Waals surface area (Å²) in [6.07, 6.45) is 1.64. The summed E-state index contributed by atoms with van der Waals surface area (Å²) in [5.74, 6) is 1.31. The van der Waals surface area contributed by atoms with Crippen LogP contribution in [0, 0.1) is 42.1 Å². The van der Waals surface area contributed by atoms with Gasteiger partial charge in [-0.3, -0.25) is 0 Å². The van der Waals surface area contributed by atoms with Gasteiger partial charge in [-0.2, -0.15) is 0 Å². The van der Waals surface area contributed by atoms with Crippen LogP contribution in [0.15, 0.2) is 53.2 Å². The highest BCUT2D eigenvalue weighted by Gasteiger charge is 2.49. The van der Waals surface area contributed by atoms with Crippen LogP contribution in [0.25, 0.3) is 21.8 Å². The summed E-state index contributed by atoms with van der Waals surface area (Å²) in [5, 5.41) is 8.01. The third-order valence-corrected chi connectivity index (χ3v) is 10.1. The van der Waals surface area contributed by atoms with E-state index in [1.165, 1.54) is 5.56 Å². The molecule has 8 nitrogen and oxygen atoms in total. The van der Waals surface area contributed by atoms with Crippen LogP contribution in [0.2, 0.25) is 0 Å². The normalized spacial score (nSPS) is 22.4. The summed E-state index contributed by atoms with van der Waals surface area (Å²) < 4.78 is 8.18. The van der Waals surface area contributed by atoms with Gasteiger partial charge >= 0.3 is 5.97 Å². The average molecular weight is 649 g/mol. The monoisotopic (exact) mass is 648 g/mol. The Balaban J connectivity index is 1.65. The van der Waals surface area contributed by atoms with Gasteiger partial charge in [0.2, 0.25) is 5.70 Å². The van der Waals surface area contributed by atoms with Gasteiger partial charge in [-0.15, -0.1) is 5.10 Å². The first-order chi connectivity index (χ1) is 22.3. The first-order valence-electron chi connectivity index (χ1n) is 17.1. The van der Waals surface area contributed by atoms with Crippen molar-refractivity contribution >= 4 is 28.8 Å². The molecular formula is C40H52N6O2. The Morgan fingerprint density at radius 3 is 2.08 bits per heavy atom. The molecule has 0 bridgehead atoms. The molecule has 8 heteroatoms. The standard InChI is InChI=1S/C40H52N6O2/c1-23-20-28(39(6,7)8)33(29(21-23)40(9,10)11)48-37(47)31-32(42-13)36(43-30-19-18-27(41-12)22-24(30)2)46-35(31)44-34(45-46)25-14-16-26(17-15-25)38(3,4)5/h14-19,22-23,28-29,33,41H,20-21H2,1-12H3. The number of aliphatic imine (C=N–C) groups is 1. The maximum absolute atomic E-state index is 14.6. The third-order valence-electron chi connectivity index (χ3n) is 10.1. The minimum atomic E-state index is -0.542. The summed E-state index contributed by atoms with van der Waals surface area (Å²) in [5.41, 5.74) is 4.64. The number of benzene rings is 2. The number of anilines is 1. The van der Waals surface area contributed by atoms with Crippen LogP contribution in [-0.2, 0) is 14.9 Å². The van der Waals surface area contributed by atoms with E-state index in [2.05, 4.69) is 91.5 Å². The number of nitrogens with zero attached hydrogens (tertiary/aromatic N) is 5. The van der Waals surface area contributed by atoms with Gasteiger partial charge in [0.15, 0.2) is 17.5 Å². The molecule has 0 saturated heterocycles. The summed E-state index contributed by atoms with van der Waals surface area (Å²) in [6, 6.07) is 14.0. The lowest BCUT2D eigenvalue weighted by Crippen LogP contribution is -2.49. The van der Waals surface area contributed by atoms with Gasteiger partial charge < -0.3 is 10.1 Å². The lowest BCUT2D eigenvalue weighted by atomic mass is 9.59. The SMILES string of the molecule is [C-]#[N+]C1=C(C(=O)OC2C(C(C)(C)C)CC(C)CC2C(C)(C)C)c2nc(-c3ccc(C(C)(C)C)cc3)nn2C1=Nc1ccc(NC)cc1C. The second-order valence-electron chi connectivity index (χ2n) is 16.9. The number of carbonyl (C=O) groups is 1. The molecule has 0 amide bonds. The smallest absolute Gasteiger partial charge is 0.331 e. The zero-order valence-electron chi connectivity index (χ0n) is 30.8. The Kier molecular flexibility index (Phi) is 9.24. The molecule has 0 radical (unpaired) electrons. The van der Waals surface area contributed by atoms with E-state index in [4.69, 9.17) is 26.4 Å². The molecule has 1 fully saturated rings. The number of hydrogen-bond donors (Lipinski definition) is 1. The molecule has 1 aliphatic heterocycles. The number of hydrogen-bond acceptors (Lipinski definition) is 6. The van der Waals surface area contributed by atoms with Gasteiger partial charge in [0.25, 0.3) is 0 Å². The number of fused-ring (bicyclic) bond motifs is 1. The van der Waals surface area contributed by atoms with Crippen molar-refractivity contribution in [2.75, 3.05) is 12.4 Å². The van der Waals surface area contributed by atoms with E-state index in [0.29, 0.717) is 17.4 Å². The van der Waals surface area contributed by atoms with Gasteiger partial charge in [-0.25, -0.2) is 24.3 Å².